The topological polar surface area (TPSA) is 103 Å². The number of halogens is 2. The van der Waals surface area contributed by atoms with Crippen LogP contribution in [0.15, 0.2) is 53.6 Å². The molecule has 1 heterocycles. The summed E-state index contributed by atoms with van der Waals surface area (Å²) in [5.74, 6) is -2.11. The Kier molecular flexibility index (Phi) is 5.99. The highest BCUT2D eigenvalue weighted by Gasteiger charge is 2.49. The number of benzene rings is 2. The SMILES string of the molecule is C[C@H](O)C(=O)N1N=C(c2cc(F)ccc2F)SC1(CCC(=N)N)c1ccccc1. The Bertz CT molecular complexity index is 968. The van der Waals surface area contributed by atoms with Crippen molar-refractivity contribution in [1.29, 1.82) is 5.41 Å². The molecule has 2 aromatic rings. The summed E-state index contributed by atoms with van der Waals surface area (Å²) in [5, 5.41) is 23.0. The van der Waals surface area contributed by atoms with Crippen LogP contribution < -0.4 is 5.73 Å². The maximum Gasteiger partial charge on any atom is 0.272 e. The van der Waals surface area contributed by atoms with Gasteiger partial charge in [-0.25, -0.2) is 13.8 Å². The lowest BCUT2D eigenvalue weighted by Gasteiger charge is -2.36. The van der Waals surface area contributed by atoms with Crippen LogP contribution in [0.3, 0.4) is 0 Å². The summed E-state index contributed by atoms with van der Waals surface area (Å²) in [5.41, 5.74) is 6.13. The van der Waals surface area contributed by atoms with Crippen LogP contribution in [-0.2, 0) is 9.67 Å². The lowest BCUT2D eigenvalue weighted by Crippen LogP contribution is -2.45. The molecule has 1 aliphatic rings. The van der Waals surface area contributed by atoms with Crippen molar-refractivity contribution >= 4 is 28.5 Å². The average molecular weight is 418 g/mol. The van der Waals surface area contributed by atoms with Crippen molar-refractivity contribution in [2.45, 2.75) is 30.7 Å². The number of rotatable bonds is 6. The van der Waals surface area contributed by atoms with Crippen LogP contribution in [0.25, 0.3) is 0 Å². The second kappa shape index (κ2) is 8.30. The van der Waals surface area contributed by atoms with E-state index in [4.69, 9.17) is 11.1 Å². The molecule has 3 rings (SSSR count). The summed E-state index contributed by atoms with van der Waals surface area (Å²) < 4.78 is 28.2. The van der Waals surface area contributed by atoms with Gasteiger partial charge in [-0.05, 0) is 37.1 Å². The minimum Gasteiger partial charge on any atom is -0.388 e. The van der Waals surface area contributed by atoms with E-state index in [0.29, 0.717) is 5.56 Å². The molecule has 4 N–H and O–H groups in total. The number of nitrogens with one attached hydrogen (secondary N) is 1. The summed E-state index contributed by atoms with van der Waals surface area (Å²) in [6.45, 7) is 1.31. The molecule has 6 nitrogen and oxygen atoms in total. The van der Waals surface area contributed by atoms with Gasteiger partial charge in [-0.15, -0.1) is 0 Å². The van der Waals surface area contributed by atoms with E-state index < -0.39 is 28.5 Å². The lowest BCUT2D eigenvalue weighted by molar-refractivity contribution is -0.143. The Balaban J connectivity index is 2.16. The number of thioether (sulfide) groups is 1. The van der Waals surface area contributed by atoms with E-state index in [9.17, 15) is 18.7 Å². The zero-order valence-electron chi connectivity index (χ0n) is 15.6. The van der Waals surface area contributed by atoms with Crippen molar-refractivity contribution in [1.82, 2.24) is 5.01 Å². The van der Waals surface area contributed by atoms with Crippen molar-refractivity contribution in [3.8, 4) is 0 Å². The maximum atomic E-state index is 14.4. The molecule has 0 bridgehead atoms. The van der Waals surface area contributed by atoms with Gasteiger partial charge >= 0.3 is 0 Å². The molecule has 0 spiro atoms. The third kappa shape index (κ3) is 4.15. The van der Waals surface area contributed by atoms with Crippen molar-refractivity contribution in [3.05, 3.63) is 71.3 Å². The van der Waals surface area contributed by atoms with Crippen molar-refractivity contribution in [3.63, 3.8) is 0 Å². The minimum atomic E-state index is -1.36. The van der Waals surface area contributed by atoms with Crippen LogP contribution in [0.2, 0.25) is 0 Å². The first-order chi connectivity index (χ1) is 13.7. The number of aliphatic hydroxyl groups is 1. The van der Waals surface area contributed by atoms with E-state index in [0.717, 1.165) is 35.0 Å². The maximum absolute atomic E-state index is 14.4. The van der Waals surface area contributed by atoms with Gasteiger partial charge in [0.05, 0.1) is 5.84 Å². The average Bonchev–Trinajstić information content (AvgIpc) is 3.09. The second-order valence-electron chi connectivity index (χ2n) is 6.63. The number of carbonyl (C=O) groups excluding carboxylic acids is 1. The summed E-state index contributed by atoms with van der Waals surface area (Å²) in [6.07, 6.45) is -1.03. The van der Waals surface area contributed by atoms with E-state index in [-0.39, 0.29) is 29.3 Å². The number of hydrazone groups is 1. The lowest BCUT2D eigenvalue weighted by atomic mass is 9.99. The Hall–Kier alpha value is -2.78. The van der Waals surface area contributed by atoms with Gasteiger partial charge in [0.1, 0.15) is 27.7 Å². The molecule has 2 atom stereocenters. The fourth-order valence-corrected chi connectivity index (χ4v) is 4.44. The van der Waals surface area contributed by atoms with Gasteiger partial charge in [-0.2, -0.15) is 5.10 Å². The molecule has 0 saturated carbocycles. The molecule has 0 aliphatic carbocycles. The zero-order chi connectivity index (χ0) is 21.2. The molecule has 1 aliphatic heterocycles. The Morgan fingerprint density at radius 2 is 2.00 bits per heavy atom. The van der Waals surface area contributed by atoms with Gasteiger partial charge in [0, 0.05) is 12.0 Å². The zero-order valence-corrected chi connectivity index (χ0v) is 16.4. The van der Waals surface area contributed by atoms with Crippen molar-refractivity contribution in [2.75, 3.05) is 0 Å². The quantitative estimate of drug-likeness (QED) is 0.495. The van der Waals surface area contributed by atoms with Crippen molar-refractivity contribution < 1.29 is 18.7 Å². The van der Waals surface area contributed by atoms with Gasteiger partial charge in [-0.3, -0.25) is 10.2 Å². The van der Waals surface area contributed by atoms with Crippen LogP contribution in [0, 0.1) is 17.0 Å². The number of hydrogen-bond acceptors (Lipinski definition) is 5. The highest BCUT2D eigenvalue weighted by molar-refractivity contribution is 8.15. The highest BCUT2D eigenvalue weighted by Crippen LogP contribution is 2.50. The predicted molar refractivity (Wildman–Crippen MR) is 108 cm³/mol. The molecule has 0 saturated heterocycles. The highest BCUT2D eigenvalue weighted by atomic mass is 32.2. The van der Waals surface area contributed by atoms with Gasteiger partial charge in [0.15, 0.2) is 0 Å². The van der Waals surface area contributed by atoms with E-state index in [2.05, 4.69) is 5.10 Å². The van der Waals surface area contributed by atoms with Crippen LogP contribution >= 0.6 is 11.8 Å². The van der Waals surface area contributed by atoms with Crippen LogP contribution in [0.1, 0.15) is 30.9 Å². The number of amides is 1. The normalized spacial score (nSPS) is 19.7. The summed E-state index contributed by atoms with van der Waals surface area (Å²) in [6, 6.07) is 11.9. The summed E-state index contributed by atoms with van der Waals surface area (Å²) >= 11 is 1.07. The first-order valence-electron chi connectivity index (χ1n) is 8.88. The van der Waals surface area contributed by atoms with Crippen LogP contribution in [-0.4, -0.2) is 33.0 Å². The monoisotopic (exact) mass is 418 g/mol. The molecular weight excluding hydrogens is 398 g/mol. The first kappa shape index (κ1) is 20.9. The summed E-state index contributed by atoms with van der Waals surface area (Å²) in [7, 11) is 0. The third-order valence-corrected chi connectivity index (χ3v) is 5.93. The fraction of sp³-hybridized carbons (Fsp3) is 0.250. The number of carbonyl (C=O) groups is 1. The smallest absolute Gasteiger partial charge is 0.272 e. The van der Waals surface area contributed by atoms with Gasteiger partial charge in [0.25, 0.3) is 5.91 Å². The summed E-state index contributed by atoms with van der Waals surface area (Å²) in [4.78, 5) is 11.6. The molecule has 29 heavy (non-hydrogen) atoms. The fourth-order valence-electron chi connectivity index (χ4n) is 3.05. The predicted octanol–water partition coefficient (Wildman–Crippen LogP) is 3.15. The van der Waals surface area contributed by atoms with Gasteiger partial charge in [-0.1, -0.05) is 42.1 Å². The van der Waals surface area contributed by atoms with Gasteiger partial charge in [0.2, 0.25) is 0 Å². The minimum absolute atomic E-state index is 0.0842. The van der Waals surface area contributed by atoms with E-state index in [1.165, 1.54) is 6.92 Å². The first-order valence-corrected chi connectivity index (χ1v) is 9.70. The third-order valence-electron chi connectivity index (χ3n) is 4.48. The molecule has 1 amide bonds. The molecule has 0 aromatic heterocycles. The Morgan fingerprint density at radius 1 is 1.31 bits per heavy atom. The molecule has 0 radical (unpaired) electrons. The Morgan fingerprint density at radius 3 is 2.62 bits per heavy atom. The van der Waals surface area contributed by atoms with Crippen molar-refractivity contribution in [2.24, 2.45) is 10.8 Å². The Labute approximate surface area is 170 Å². The molecular formula is C20H20F2N4O2S. The number of nitrogens with zero attached hydrogens (tertiary/aromatic N) is 2. The number of aliphatic hydroxyl groups excluding tert-OH is 1. The van der Waals surface area contributed by atoms with Crippen LogP contribution in [0.5, 0.6) is 0 Å². The molecule has 0 fully saturated rings. The molecule has 9 heteroatoms. The number of hydrogen-bond donors (Lipinski definition) is 3. The van der Waals surface area contributed by atoms with E-state index >= 15 is 0 Å². The van der Waals surface area contributed by atoms with Gasteiger partial charge < -0.3 is 10.8 Å². The molecule has 2 aromatic carbocycles. The van der Waals surface area contributed by atoms with E-state index in [1.54, 1.807) is 30.3 Å². The van der Waals surface area contributed by atoms with Crippen LogP contribution in [0.4, 0.5) is 8.78 Å². The van der Waals surface area contributed by atoms with E-state index in [1.807, 2.05) is 0 Å². The number of nitrogens with two attached hydrogens (primary N) is 1. The molecule has 1 unspecified atom stereocenters. The molecule has 152 valence electrons. The number of amidine groups is 1. The standard InChI is InChI=1S/C20H20F2N4O2S/c1-12(27)19(28)26-20(10-9-17(23)24,13-5-3-2-4-6-13)29-18(25-26)15-11-14(21)7-8-16(15)22/h2-8,11-12,27H,9-10H2,1H3,(H3,23,24)/t12-,20?/m0/s1. The largest absolute Gasteiger partial charge is 0.388 e. The second-order valence-corrected chi connectivity index (χ2v) is 7.90.